The first-order valence-electron chi connectivity index (χ1n) is 4.82. The van der Waals surface area contributed by atoms with Crippen LogP contribution in [0.4, 0.5) is 13.2 Å². The van der Waals surface area contributed by atoms with E-state index in [2.05, 4.69) is 0 Å². The van der Waals surface area contributed by atoms with E-state index in [1.807, 2.05) is 13.8 Å². The first kappa shape index (κ1) is 13.7. The summed E-state index contributed by atoms with van der Waals surface area (Å²) in [6.45, 7) is 5.26. The molecule has 0 bridgehead atoms. The van der Waals surface area contributed by atoms with Crippen molar-refractivity contribution in [2.75, 3.05) is 19.6 Å². The number of nitrogens with two attached hydrogens (primary N) is 1. The van der Waals surface area contributed by atoms with E-state index in [0.717, 1.165) is 0 Å². The van der Waals surface area contributed by atoms with Crippen LogP contribution in [0.15, 0.2) is 0 Å². The van der Waals surface area contributed by atoms with Crippen molar-refractivity contribution in [1.29, 1.82) is 0 Å². The van der Waals surface area contributed by atoms with Crippen LogP contribution in [0.1, 0.15) is 20.8 Å². The van der Waals surface area contributed by atoms with Gasteiger partial charge in [0, 0.05) is 12.6 Å². The Bertz CT molecular complexity index is 157. The molecule has 0 radical (unpaired) electrons. The quantitative estimate of drug-likeness (QED) is 0.753. The fourth-order valence-corrected chi connectivity index (χ4v) is 1.54. The van der Waals surface area contributed by atoms with Gasteiger partial charge in [0.25, 0.3) is 0 Å². The number of hydrogen-bond donors (Lipinski definition) is 1. The zero-order valence-corrected chi connectivity index (χ0v) is 8.93. The summed E-state index contributed by atoms with van der Waals surface area (Å²) in [7, 11) is 0. The first-order chi connectivity index (χ1) is 6.31. The SMILES string of the molecule is CCN(CC(F)(F)F)C(CN)C(C)C. The summed E-state index contributed by atoms with van der Waals surface area (Å²) in [6.07, 6.45) is -4.14. The molecule has 1 unspecified atom stereocenters. The van der Waals surface area contributed by atoms with Crippen LogP contribution in [0.25, 0.3) is 0 Å². The molecule has 0 fully saturated rings. The summed E-state index contributed by atoms with van der Waals surface area (Å²) in [5.74, 6) is 0.141. The maximum atomic E-state index is 12.2. The number of hydrogen-bond acceptors (Lipinski definition) is 2. The Morgan fingerprint density at radius 3 is 2.00 bits per heavy atom. The van der Waals surface area contributed by atoms with Crippen molar-refractivity contribution in [2.24, 2.45) is 11.7 Å². The van der Waals surface area contributed by atoms with Crippen molar-refractivity contribution in [1.82, 2.24) is 4.90 Å². The van der Waals surface area contributed by atoms with Gasteiger partial charge in [-0.25, -0.2) is 0 Å². The topological polar surface area (TPSA) is 29.3 Å². The molecule has 14 heavy (non-hydrogen) atoms. The molecule has 86 valence electrons. The van der Waals surface area contributed by atoms with Crippen LogP contribution in [-0.4, -0.2) is 36.8 Å². The Hall–Kier alpha value is -0.290. The molecule has 5 heteroatoms. The summed E-state index contributed by atoms with van der Waals surface area (Å²) in [5, 5.41) is 0. The lowest BCUT2D eigenvalue weighted by atomic mass is 10.0. The monoisotopic (exact) mass is 212 g/mol. The third kappa shape index (κ3) is 4.81. The summed E-state index contributed by atoms with van der Waals surface area (Å²) >= 11 is 0. The van der Waals surface area contributed by atoms with Gasteiger partial charge in [0.05, 0.1) is 6.54 Å². The molecule has 0 amide bonds. The Labute approximate surface area is 83.3 Å². The predicted molar refractivity (Wildman–Crippen MR) is 51.0 cm³/mol. The van der Waals surface area contributed by atoms with Gasteiger partial charge in [0.15, 0.2) is 0 Å². The van der Waals surface area contributed by atoms with E-state index < -0.39 is 12.7 Å². The smallest absolute Gasteiger partial charge is 0.329 e. The number of halogens is 3. The minimum Gasteiger partial charge on any atom is -0.329 e. The molecule has 2 N–H and O–H groups in total. The molecular weight excluding hydrogens is 193 g/mol. The van der Waals surface area contributed by atoms with E-state index in [1.54, 1.807) is 6.92 Å². The normalized spacial score (nSPS) is 15.2. The second-order valence-corrected chi connectivity index (χ2v) is 3.73. The molecule has 0 saturated carbocycles. The van der Waals surface area contributed by atoms with Crippen molar-refractivity contribution >= 4 is 0 Å². The molecule has 0 spiro atoms. The Kier molecular flexibility index (Phi) is 5.44. The standard InChI is InChI=1S/C9H19F3N2/c1-4-14(6-9(10,11)12)8(5-13)7(2)3/h7-8H,4-6,13H2,1-3H3. The van der Waals surface area contributed by atoms with Crippen LogP contribution in [0.5, 0.6) is 0 Å². The van der Waals surface area contributed by atoms with Crippen molar-refractivity contribution in [3.05, 3.63) is 0 Å². The fourth-order valence-electron chi connectivity index (χ4n) is 1.54. The second-order valence-electron chi connectivity index (χ2n) is 3.73. The molecule has 0 aliphatic rings. The molecule has 0 saturated heterocycles. The highest BCUT2D eigenvalue weighted by Crippen LogP contribution is 2.19. The molecule has 0 aliphatic carbocycles. The number of likely N-dealkylation sites (N-methyl/N-ethyl adjacent to an activating group) is 1. The number of nitrogens with zero attached hydrogens (tertiary/aromatic N) is 1. The van der Waals surface area contributed by atoms with Gasteiger partial charge in [-0.3, -0.25) is 4.90 Å². The van der Waals surface area contributed by atoms with Crippen LogP contribution >= 0.6 is 0 Å². The van der Waals surface area contributed by atoms with Crippen LogP contribution in [0, 0.1) is 5.92 Å². The number of rotatable bonds is 5. The largest absolute Gasteiger partial charge is 0.401 e. The summed E-state index contributed by atoms with van der Waals surface area (Å²) < 4.78 is 36.5. The second kappa shape index (κ2) is 5.56. The lowest BCUT2D eigenvalue weighted by molar-refractivity contribution is -0.151. The minimum absolute atomic E-state index is 0.141. The molecule has 0 aromatic carbocycles. The maximum Gasteiger partial charge on any atom is 0.401 e. The lowest BCUT2D eigenvalue weighted by Gasteiger charge is -2.33. The molecule has 2 nitrogen and oxygen atoms in total. The molecular formula is C9H19F3N2. The van der Waals surface area contributed by atoms with Crippen LogP contribution in [0.2, 0.25) is 0 Å². The van der Waals surface area contributed by atoms with Gasteiger partial charge in [-0.15, -0.1) is 0 Å². The summed E-state index contributed by atoms with van der Waals surface area (Å²) in [5.41, 5.74) is 5.46. The van der Waals surface area contributed by atoms with Crippen LogP contribution < -0.4 is 5.73 Å². The molecule has 0 heterocycles. The molecule has 0 aromatic rings. The fraction of sp³-hybridized carbons (Fsp3) is 1.00. The van der Waals surface area contributed by atoms with Crippen molar-refractivity contribution in [3.63, 3.8) is 0 Å². The zero-order valence-electron chi connectivity index (χ0n) is 8.93. The summed E-state index contributed by atoms with van der Waals surface area (Å²) in [6, 6.07) is -0.193. The highest BCUT2D eigenvalue weighted by molar-refractivity contribution is 4.76. The van der Waals surface area contributed by atoms with Gasteiger partial charge in [-0.2, -0.15) is 13.2 Å². The molecule has 0 aliphatic heterocycles. The third-order valence-electron chi connectivity index (χ3n) is 2.27. The average molecular weight is 212 g/mol. The van der Waals surface area contributed by atoms with Crippen LogP contribution in [-0.2, 0) is 0 Å². The Morgan fingerprint density at radius 1 is 1.29 bits per heavy atom. The Balaban J connectivity index is 4.37. The van der Waals surface area contributed by atoms with Gasteiger partial charge in [-0.1, -0.05) is 20.8 Å². The molecule has 0 rings (SSSR count). The summed E-state index contributed by atoms with van der Waals surface area (Å²) in [4.78, 5) is 1.38. The minimum atomic E-state index is -4.14. The van der Waals surface area contributed by atoms with E-state index in [0.29, 0.717) is 6.54 Å². The maximum absolute atomic E-state index is 12.2. The van der Waals surface area contributed by atoms with Gasteiger partial charge in [-0.05, 0) is 12.5 Å². The Morgan fingerprint density at radius 2 is 1.79 bits per heavy atom. The van der Waals surface area contributed by atoms with E-state index in [4.69, 9.17) is 5.73 Å². The van der Waals surface area contributed by atoms with Gasteiger partial charge in [0.1, 0.15) is 0 Å². The molecule has 0 aromatic heterocycles. The average Bonchev–Trinajstić information content (AvgIpc) is 2.00. The van der Waals surface area contributed by atoms with E-state index in [9.17, 15) is 13.2 Å². The van der Waals surface area contributed by atoms with E-state index in [1.165, 1.54) is 4.90 Å². The van der Waals surface area contributed by atoms with E-state index >= 15 is 0 Å². The van der Waals surface area contributed by atoms with E-state index in [-0.39, 0.29) is 18.5 Å². The first-order valence-corrected chi connectivity index (χ1v) is 4.82. The zero-order chi connectivity index (χ0) is 11.4. The van der Waals surface area contributed by atoms with Crippen LogP contribution in [0.3, 0.4) is 0 Å². The van der Waals surface area contributed by atoms with Gasteiger partial charge >= 0.3 is 6.18 Å². The lowest BCUT2D eigenvalue weighted by Crippen LogP contribution is -2.48. The molecule has 1 atom stereocenters. The highest BCUT2D eigenvalue weighted by atomic mass is 19.4. The number of alkyl halides is 3. The van der Waals surface area contributed by atoms with Crippen molar-refractivity contribution in [2.45, 2.75) is 33.0 Å². The predicted octanol–water partition coefficient (Wildman–Crippen LogP) is 1.85. The van der Waals surface area contributed by atoms with Crippen molar-refractivity contribution < 1.29 is 13.2 Å². The van der Waals surface area contributed by atoms with Crippen molar-refractivity contribution in [3.8, 4) is 0 Å². The van der Waals surface area contributed by atoms with Gasteiger partial charge < -0.3 is 5.73 Å². The highest BCUT2D eigenvalue weighted by Gasteiger charge is 2.33. The van der Waals surface area contributed by atoms with Gasteiger partial charge in [0.2, 0.25) is 0 Å². The third-order valence-corrected chi connectivity index (χ3v) is 2.27.